The highest BCUT2D eigenvalue weighted by Gasteiger charge is 2.30. The van der Waals surface area contributed by atoms with Gasteiger partial charge in [-0.1, -0.05) is 12.1 Å². The van der Waals surface area contributed by atoms with Crippen molar-refractivity contribution >= 4 is 25.7 Å². The second-order valence-corrected chi connectivity index (χ2v) is 8.85. The summed E-state index contributed by atoms with van der Waals surface area (Å²) in [7, 11) is -7.00. The van der Waals surface area contributed by atoms with E-state index in [1.54, 1.807) is 0 Å². The predicted octanol–water partition coefficient (Wildman–Crippen LogP) is 0.627. The van der Waals surface area contributed by atoms with Crippen LogP contribution in [0.15, 0.2) is 24.3 Å². The Morgan fingerprint density at radius 1 is 1.33 bits per heavy atom. The van der Waals surface area contributed by atoms with E-state index in [2.05, 4.69) is 0 Å². The summed E-state index contributed by atoms with van der Waals surface area (Å²) in [6.07, 6.45) is 1.50. The molecule has 0 aromatic heterocycles. The molecule has 0 atom stereocenters. The van der Waals surface area contributed by atoms with Gasteiger partial charge in [-0.15, -0.1) is 0 Å². The number of hydrogen-bond donors (Lipinski definition) is 0. The Balaban J connectivity index is 2.22. The molecule has 6 nitrogen and oxygen atoms in total. The van der Waals surface area contributed by atoms with Crippen molar-refractivity contribution in [1.29, 1.82) is 0 Å². The Morgan fingerprint density at radius 3 is 2.52 bits per heavy atom. The quantitative estimate of drug-likeness (QED) is 0.790. The molecule has 0 aliphatic carbocycles. The van der Waals surface area contributed by atoms with Crippen molar-refractivity contribution in [2.75, 3.05) is 35.9 Å². The van der Waals surface area contributed by atoms with E-state index in [1.165, 1.54) is 28.6 Å². The summed E-state index contributed by atoms with van der Waals surface area (Å²) >= 11 is 0. The van der Waals surface area contributed by atoms with Gasteiger partial charge in [-0.05, 0) is 18.6 Å². The molecule has 1 heterocycles. The summed E-state index contributed by atoms with van der Waals surface area (Å²) in [5.74, 6) is -0.585. The highest BCUT2D eigenvalue weighted by atomic mass is 32.2. The van der Waals surface area contributed by atoms with Crippen LogP contribution in [0.5, 0.6) is 0 Å². The molecule has 2 rings (SSSR count). The minimum absolute atomic E-state index is 0.0176. The number of sulfonamides is 2. The fourth-order valence-electron chi connectivity index (χ4n) is 2.26. The summed E-state index contributed by atoms with van der Waals surface area (Å²) in [6.45, 7) is 0.278. The highest BCUT2D eigenvalue weighted by molar-refractivity contribution is 7.92. The van der Waals surface area contributed by atoms with Crippen LogP contribution in [0.25, 0.3) is 0 Å². The van der Waals surface area contributed by atoms with Crippen LogP contribution >= 0.6 is 0 Å². The second-order valence-electron chi connectivity index (χ2n) is 4.86. The van der Waals surface area contributed by atoms with Gasteiger partial charge in [0.15, 0.2) is 0 Å². The van der Waals surface area contributed by atoms with Crippen molar-refractivity contribution in [2.45, 2.75) is 6.42 Å². The van der Waals surface area contributed by atoms with Crippen LogP contribution in [-0.4, -0.2) is 52.8 Å². The lowest BCUT2D eigenvalue weighted by atomic mass is 10.3. The molecule has 9 heteroatoms. The molecule has 0 amide bonds. The van der Waals surface area contributed by atoms with Crippen molar-refractivity contribution in [3.05, 3.63) is 30.1 Å². The molecule has 0 bridgehead atoms. The van der Waals surface area contributed by atoms with Gasteiger partial charge in [0.2, 0.25) is 20.0 Å². The van der Waals surface area contributed by atoms with Gasteiger partial charge >= 0.3 is 0 Å². The number of nitrogens with zero attached hydrogens (tertiary/aromatic N) is 2. The highest BCUT2D eigenvalue weighted by Crippen LogP contribution is 2.22. The average Bonchev–Trinajstić information content (AvgIpc) is 2.69. The summed E-state index contributed by atoms with van der Waals surface area (Å²) in [5.41, 5.74) is -0.0726. The third-order valence-electron chi connectivity index (χ3n) is 3.28. The predicted molar refractivity (Wildman–Crippen MR) is 78.6 cm³/mol. The number of rotatable bonds is 5. The molecule has 0 radical (unpaired) electrons. The van der Waals surface area contributed by atoms with Crippen LogP contribution in [-0.2, 0) is 20.0 Å². The second kappa shape index (κ2) is 5.90. The van der Waals surface area contributed by atoms with Crippen molar-refractivity contribution in [3.63, 3.8) is 0 Å². The maximum Gasteiger partial charge on any atom is 0.232 e. The molecule has 1 aromatic carbocycles. The number of benzene rings is 1. The lowest BCUT2D eigenvalue weighted by Crippen LogP contribution is -2.39. The zero-order valence-corrected chi connectivity index (χ0v) is 13.2. The number of hydrogen-bond acceptors (Lipinski definition) is 4. The van der Waals surface area contributed by atoms with Crippen molar-refractivity contribution in [1.82, 2.24) is 4.31 Å². The molecule has 1 aliphatic heterocycles. The van der Waals surface area contributed by atoms with Gasteiger partial charge < -0.3 is 0 Å². The fraction of sp³-hybridized carbons (Fsp3) is 0.500. The molecule has 0 saturated carbocycles. The molecule has 1 aliphatic rings. The third-order valence-corrected chi connectivity index (χ3v) is 6.41. The molecular formula is C12H17FN2O4S2. The van der Waals surface area contributed by atoms with Gasteiger partial charge in [0.25, 0.3) is 0 Å². The van der Waals surface area contributed by atoms with Crippen molar-refractivity contribution in [3.8, 4) is 0 Å². The Hall–Kier alpha value is -1.19. The van der Waals surface area contributed by atoms with Crippen LogP contribution in [0, 0.1) is 5.82 Å². The number of anilines is 1. The first-order valence-corrected chi connectivity index (χ1v) is 9.87. The first-order valence-electron chi connectivity index (χ1n) is 6.42. The maximum absolute atomic E-state index is 13.8. The fourth-order valence-corrected chi connectivity index (χ4v) is 4.70. The molecule has 118 valence electrons. The first-order chi connectivity index (χ1) is 9.72. The first kappa shape index (κ1) is 16.2. The van der Waals surface area contributed by atoms with Crippen LogP contribution < -0.4 is 4.31 Å². The van der Waals surface area contributed by atoms with Crippen molar-refractivity contribution < 1.29 is 21.2 Å². The van der Waals surface area contributed by atoms with E-state index in [9.17, 15) is 21.2 Å². The molecule has 1 saturated heterocycles. The van der Waals surface area contributed by atoms with E-state index < -0.39 is 25.9 Å². The van der Waals surface area contributed by atoms with E-state index in [0.717, 1.165) is 10.6 Å². The summed E-state index contributed by atoms with van der Waals surface area (Å²) < 4.78 is 63.0. The molecule has 0 spiro atoms. The van der Waals surface area contributed by atoms with Crippen molar-refractivity contribution in [2.24, 2.45) is 0 Å². The standard InChI is InChI=1S/C12H17FN2O4S2/c1-20(16,17)15(12-6-3-2-5-11(12)13)9-8-14-7-4-10-21(14,18)19/h2-3,5-6H,4,7-10H2,1H3. The van der Waals surface area contributed by atoms with Crippen LogP contribution in [0.2, 0.25) is 0 Å². The zero-order valence-electron chi connectivity index (χ0n) is 11.6. The largest absolute Gasteiger partial charge is 0.266 e. The van der Waals surface area contributed by atoms with Crippen LogP contribution in [0.1, 0.15) is 6.42 Å². The minimum atomic E-state index is -3.70. The maximum atomic E-state index is 13.8. The van der Waals surface area contributed by atoms with Gasteiger partial charge in [-0.25, -0.2) is 25.5 Å². The Morgan fingerprint density at radius 2 is 2.00 bits per heavy atom. The third kappa shape index (κ3) is 3.72. The Bertz CT molecular complexity index is 719. The molecule has 0 unspecified atom stereocenters. The Labute approximate surface area is 124 Å². The van der Waals surface area contributed by atoms with Gasteiger partial charge in [-0.2, -0.15) is 0 Å². The average molecular weight is 336 g/mol. The number of halogens is 1. The van der Waals surface area contributed by atoms with Gasteiger partial charge in [0, 0.05) is 19.6 Å². The molecule has 1 fully saturated rings. The summed E-state index contributed by atoms with van der Waals surface area (Å²) in [5, 5.41) is 0. The summed E-state index contributed by atoms with van der Waals surface area (Å²) in [4.78, 5) is 0. The van der Waals surface area contributed by atoms with E-state index in [-0.39, 0.29) is 24.5 Å². The van der Waals surface area contributed by atoms with Crippen LogP contribution in [0.3, 0.4) is 0 Å². The van der Waals surface area contributed by atoms with Gasteiger partial charge in [0.05, 0.1) is 17.7 Å². The number of para-hydroxylation sites is 1. The van der Waals surface area contributed by atoms with Gasteiger partial charge in [0.1, 0.15) is 5.82 Å². The monoisotopic (exact) mass is 336 g/mol. The summed E-state index contributed by atoms with van der Waals surface area (Å²) in [6, 6.07) is 5.52. The SMILES string of the molecule is CS(=O)(=O)N(CCN1CCCS1(=O)=O)c1ccccc1F. The molecule has 0 N–H and O–H groups in total. The van der Waals surface area contributed by atoms with E-state index in [1.807, 2.05) is 0 Å². The lowest BCUT2D eigenvalue weighted by molar-refractivity contribution is 0.450. The van der Waals surface area contributed by atoms with E-state index in [4.69, 9.17) is 0 Å². The molecular weight excluding hydrogens is 319 g/mol. The lowest BCUT2D eigenvalue weighted by Gasteiger charge is -2.25. The smallest absolute Gasteiger partial charge is 0.232 e. The topological polar surface area (TPSA) is 74.8 Å². The molecule has 1 aromatic rings. The zero-order chi connectivity index (χ0) is 15.7. The van der Waals surface area contributed by atoms with E-state index >= 15 is 0 Å². The van der Waals surface area contributed by atoms with Crippen LogP contribution in [0.4, 0.5) is 10.1 Å². The van der Waals surface area contributed by atoms with E-state index in [0.29, 0.717) is 13.0 Å². The molecule has 21 heavy (non-hydrogen) atoms. The minimum Gasteiger partial charge on any atom is -0.266 e. The normalized spacial score (nSPS) is 18.8. The van der Waals surface area contributed by atoms with Gasteiger partial charge in [-0.3, -0.25) is 4.31 Å². The Kier molecular flexibility index (Phi) is 4.54.